The van der Waals surface area contributed by atoms with Gasteiger partial charge in [0, 0.05) is 23.3 Å². The molecule has 0 atom stereocenters. The molecule has 104 valence electrons. The topological polar surface area (TPSA) is 54.0 Å². The Kier molecular flexibility index (Phi) is 4.08. The molecule has 1 aliphatic carbocycles. The van der Waals surface area contributed by atoms with E-state index in [1.54, 1.807) is 0 Å². The summed E-state index contributed by atoms with van der Waals surface area (Å²) < 4.78 is 0. The van der Waals surface area contributed by atoms with Crippen LogP contribution < -0.4 is 10.6 Å². The van der Waals surface area contributed by atoms with Gasteiger partial charge in [0.15, 0.2) is 0 Å². The summed E-state index contributed by atoms with van der Waals surface area (Å²) in [7, 11) is 0. The molecule has 1 saturated carbocycles. The van der Waals surface area contributed by atoms with Crippen LogP contribution in [0.1, 0.15) is 55.6 Å². The van der Waals surface area contributed by atoms with Crippen molar-refractivity contribution in [3.63, 3.8) is 0 Å². The zero-order chi connectivity index (χ0) is 13.9. The molecule has 1 aliphatic rings. The second kappa shape index (κ2) is 5.59. The highest BCUT2D eigenvalue weighted by Gasteiger charge is 2.30. The van der Waals surface area contributed by atoms with Gasteiger partial charge in [-0.15, -0.1) is 0 Å². The van der Waals surface area contributed by atoms with Gasteiger partial charge in [0.2, 0.25) is 0 Å². The maximum absolute atomic E-state index is 12.3. The number of carbonyl (C=O) groups excluding carboxylic acids is 1. The Morgan fingerprint density at radius 3 is 2.68 bits per heavy atom. The van der Waals surface area contributed by atoms with Crippen molar-refractivity contribution in [2.45, 2.75) is 52.0 Å². The summed E-state index contributed by atoms with van der Waals surface area (Å²) in [6.45, 7) is 6.87. The molecule has 1 amide bonds. The lowest BCUT2D eigenvalue weighted by atomic mass is 10.00. The first-order chi connectivity index (χ1) is 9.02. The third kappa shape index (κ3) is 3.46. The number of amides is 1. The van der Waals surface area contributed by atoms with Gasteiger partial charge in [-0.1, -0.05) is 12.8 Å². The van der Waals surface area contributed by atoms with Gasteiger partial charge < -0.3 is 10.6 Å². The highest BCUT2D eigenvalue weighted by Crippen LogP contribution is 2.29. The number of pyridine rings is 1. The van der Waals surface area contributed by atoms with E-state index in [1.807, 2.05) is 26.0 Å². The quantitative estimate of drug-likeness (QED) is 0.876. The van der Waals surface area contributed by atoms with Gasteiger partial charge in [0.05, 0.1) is 0 Å². The van der Waals surface area contributed by atoms with Gasteiger partial charge in [0.1, 0.15) is 5.82 Å². The average Bonchev–Trinajstić information content (AvgIpc) is 2.75. The van der Waals surface area contributed by atoms with Crippen molar-refractivity contribution in [1.82, 2.24) is 10.3 Å². The van der Waals surface area contributed by atoms with E-state index in [9.17, 15) is 4.79 Å². The Morgan fingerprint density at radius 1 is 1.37 bits per heavy atom. The standard InChI is InChI=1S/C15H23N3O/c1-4-16-13-10-12(9-11(2)17-13)14(19)18-15(3)7-5-6-8-15/h9-10H,4-8H2,1-3H3,(H,16,17)(H,18,19). The van der Waals surface area contributed by atoms with E-state index >= 15 is 0 Å². The zero-order valence-electron chi connectivity index (χ0n) is 12.0. The number of aryl methyl sites for hydroxylation is 1. The summed E-state index contributed by atoms with van der Waals surface area (Å²) in [5.41, 5.74) is 1.52. The summed E-state index contributed by atoms with van der Waals surface area (Å²) in [5, 5.41) is 6.33. The van der Waals surface area contributed by atoms with Gasteiger partial charge in [-0.3, -0.25) is 4.79 Å². The molecule has 0 radical (unpaired) electrons. The number of rotatable bonds is 4. The SMILES string of the molecule is CCNc1cc(C(=O)NC2(C)CCCC2)cc(C)n1. The second-order valence-corrected chi connectivity index (χ2v) is 5.63. The molecule has 1 aromatic rings. The molecule has 0 unspecified atom stereocenters. The lowest BCUT2D eigenvalue weighted by molar-refractivity contribution is 0.0908. The molecule has 2 rings (SSSR count). The van der Waals surface area contributed by atoms with Crippen molar-refractivity contribution in [3.8, 4) is 0 Å². The monoisotopic (exact) mass is 261 g/mol. The van der Waals surface area contributed by atoms with Crippen molar-refractivity contribution in [2.75, 3.05) is 11.9 Å². The number of nitrogens with one attached hydrogen (secondary N) is 2. The van der Waals surface area contributed by atoms with Gasteiger partial charge in [0.25, 0.3) is 5.91 Å². The number of hydrogen-bond acceptors (Lipinski definition) is 3. The Morgan fingerprint density at radius 2 is 2.05 bits per heavy atom. The summed E-state index contributed by atoms with van der Waals surface area (Å²) in [4.78, 5) is 16.7. The average molecular weight is 261 g/mol. The predicted molar refractivity (Wildman–Crippen MR) is 77.5 cm³/mol. The summed E-state index contributed by atoms with van der Waals surface area (Å²) in [6.07, 6.45) is 4.55. The Bertz CT molecular complexity index is 464. The third-order valence-corrected chi connectivity index (χ3v) is 3.70. The molecular weight excluding hydrogens is 238 g/mol. The maximum Gasteiger partial charge on any atom is 0.251 e. The molecular formula is C15H23N3O. The third-order valence-electron chi connectivity index (χ3n) is 3.70. The molecule has 1 heterocycles. The van der Waals surface area contributed by atoms with Crippen LogP contribution in [-0.4, -0.2) is 23.0 Å². The van der Waals surface area contributed by atoms with Crippen LogP contribution in [-0.2, 0) is 0 Å². The van der Waals surface area contributed by atoms with E-state index in [4.69, 9.17) is 0 Å². The second-order valence-electron chi connectivity index (χ2n) is 5.63. The number of hydrogen-bond donors (Lipinski definition) is 2. The van der Waals surface area contributed by atoms with Gasteiger partial charge in [-0.2, -0.15) is 0 Å². The minimum Gasteiger partial charge on any atom is -0.370 e. The van der Waals surface area contributed by atoms with Crippen LogP contribution in [0, 0.1) is 6.92 Å². The van der Waals surface area contributed by atoms with Crippen molar-refractivity contribution < 1.29 is 4.79 Å². The normalized spacial score (nSPS) is 17.2. The lowest BCUT2D eigenvalue weighted by Gasteiger charge is -2.25. The fourth-order valence-electron chi connectivity index (χ4n) is 2.70. The first kappa shape index (κ1) is 13.8. The minimum atomic E-state index is -0.0351. The molecule has 1 fully saturated rings. The summed E-state index contributed by atoms with van der Waals surface area (Å²) in [5.74, 6) is 0.776. The van der Waals surface area contributed by atoms with E-state index in [0.29, 0.717) is 5.56 Å². The molecule has 0 bridgehead atoms. The van der Waals surface area contributed by atoms with E-state index in [0.717, 1.165) is 30.9 Å². The van der Waals surface area contributed by atoms with Crippen LogP contribution in [0.2, 0.25) is 0 Å². The predicted octanol–water partition coefficient (Wildman–Crippen LogP) is 2.88. The van der Waals surface area contributed by atoms with E-state index < -0.39 is 0 Å². The number of carbonyl (C=O) groups is 1. The molecule has 4 heteroatoms. The van der Waals surface area contributed by atoms with E-state index in [2.05, 4.69) is 22.5 Å². The molecule has 2 N–H and O–H groups in total. The van der Waals surface area contributed by atoms with Crippen LogP contribution in [0.5, 0.6) is 0 Å². The molecule has 0 spiro atoms. The summed E-state index contributed by atoms with van der Waals surface area (Å²) in [6, 6.07) is 3.67. The Labute approximate surface area is 115 Å². The minimum absolute atomic E-state index is 0.00838. The zero-order valence-corrected chi connectivity index (χ0v) is 12.0. The lowest BCUT2D eigenvalue weighted by Crippen LogP contribution is -2.43. The number of nitrogens with zero attached hydrogens (tertiary/aromatic N) is 1. The van der Waals surface area contributed by atoms with E-state index in [1.165, 1.54) is 12.8 Å². The van der Waals surface area contributed by atoms with Crippen molar-refractivity contribution >= 4 is 11.7 Å². The smallest absolute Gasteiger partial charge is 0.251 e. The highest BCUT2D eigenvalue weighted by atomic mass is 16.1. The van der Waals surface area contributed by atoms with Crippen molar-refractivity contribution in [3.05, 3.63) is 23.4 Å². The van der Waals surface area contributed by atoms with Gasteiger partial charge in [-0.05, 0) is 45.7 Å². The summed E-state index contributed by atoms with van der Waals surface area (Å²) >= 11 is 0. The molecule has 19 heavy (non-hydrogen) atoms. The van der Waals surface area contributed by atoms with Gasteiger partial charge in [-0.25, -0.2) is 4.98 Å². The highest BCUT2D eigenvalue weighted by molar-refractivity contribution is 5.95. The molecule has 1 aromatic heterocycles. The number of anilines is 1. The molecule has 4 nitrogen and oxygen atoms in total. The maximum atomic E-state index is 12.3. The van der Waals surface area contributed by atoms with Crippen molar-refractivity contribution in [2.24, 2.45) is 0 Å². The molecule has 0 saturated heterocycles. The van der Waals surface area contributed by atoms with E-state index in [-0.39, 0.29) is 11.4 Å². The Hall–Kier alpha value is -1.58. The van der Waals surface area contributed by atoms with Crippen LogP contribution in [0.4, 0.5) is 5.82 Å². The fraction of sp³-hybridized carbons (Fsp3) is 0.600. The largest absolute Gasteiger partial charge is 0.370 e. The first-order valence-corrected chi connectivity index (χ1v) is 7.07. The fourth-order valence-corrected chi connectivity index (χ4v) is 2.70. The first-order valence-electron chi connectivity index (χ1n) is 7.07. The molecule has 0 aliphatic heterocycles. The Balaban J connectivity index is 2.14. The van der Waals surface area contributed by atoms with Crippen LogP contribution in [0.3, 0.4) is 0 Å². The van der Waals surface area contributed by atoms with Crippen LogP contribution in [0.25, 0.3) is 0 Å². The van der Waals surface area contributed by atoms with Gasteiger partial charge >= 0.3 is 0 Å². The van der Waals surface area contributed by atoms with Crippen LogP contribution >= 0.6 is 0 Å². The number of aromatic nitrogens is 1. The van der Waals surface area contributed by atoms with Crippen LogP contribution in [0.15, 0.2) is 12.1 Å². The molecule has 0 aromatic carbocycles. The van der Waals surface area contributed by atoms with Crippen molar-refractivity contribution in [1.29, 1.82) is 0 Å².